The molecule has 2 nitrogen and oxygen atoms in total. The summed E-state index contributed by atoms with van der Waals surface area (Å²) in [7, 11) is 0. The second kappa shape index (κ2) is 3.55. The van der Waals surface area contributed by atoms with Gasteiger partial charge in [-0.25, -0.2) is 0 Å². The Labute approximate surface area is 111 Å². The van der Waals surface area contributed by atoms with Crippen LogP contribution in [-0.4, -0.2) is 10.9 Å². The Morgan fingerprint density at radius 3 is 2.16 bits per heavy atom. The lowest BCUT2D eigenvalue weighted by atomic mass is 9.78. The second-order valence-electron chi connectivity index (χ2n) is 5.60. The molecule has 4 rings (SSSR count). The van der Waals surface area contributed by atoms with Gasteiger partial charge in [-0.2, -0.15) is 0 Å². The molecule has 19 heavy (non-hydrogen) atoms. The van der Waals surface area contributed by atoms with E-state index in [4.69, 9.17) is 0 Å². The summed E-state index contributed by atoms with van der Waals surface area (Å²) in [6, 6.07) is 15.6. The molecule has 2 aliphatic rings. The van der Waals surface area contributed by atoms with E-state index in [1.54, 1.807) is 0 Å². The predicted octanol–water partition coefficient (Wildman–Crippen LogP) is 2.70. The SMILES string of the molecule is O=C1c2ccccc2C(O)C12Cc1ccccc1C2. The van der Waals surface area contributed by atoms with E-state index in [0.29, 0.717) is 18.4 Å². The van der Waals surface area contributed by atoms with Crippen LogP contribution in [0.15, 0.2) is 48.5 Å². The fourth-order valence-electron chi connectivity index (χ4n) is 3.63. The lowest BCUT2D eigenvalue weighted by Gasteiger charge is -2.25. The summed E-state index contributed by atoms with van der Waals surface area (Å²) < 4.78 is 0. The van der Waals surface area contributed by atoms with Gasteiger partial charge in [-0.3, -0.25) is 4.79 Å². The zero-order valence-corrected chi connectivity index (χ0v) is 10.5. The first-order valence-electron chi connectivity index (χ1n) is 6.61. The van der Waals surface area contributed by atoms with Crippen molar-refractivity contribution in [2.24, 2.45) is 5.41 Å². The normalized spacial score (nSPS) is 22.6. The Kier molecular flexibility index (Phi) is 2.04. The van der Waals surface area contributed by atoms with Gasteiger partial charge in [0.05, 0.1) is 11.5 Å². The van der Waals surface area contributed by atoms with Crippen LogP contribution < -0.4 is 0 Å². The molecule has 2 heteroatoms. The lowest BCUT2D eigenvalue weighted by Crippen LogP contribution is -2.32. The summed E-state index contributed by atoms with van der Waals surface area (Å²) in [5.74, 6) is 0.104. The maximum atomic E-state index is 12.7. The zero-order chi connectivity index (χ0) is 13.0. The molecule has 0 aliphatic heterocycles. The van der Waals surface area contributed by atoms with Crippen molar-refractivity contribution in [3.05, 3.63) is 70.8 Å². The van der Waals surface area contributed by atoms with Crippen molar-refractivity contribution in [2.75, 3.05) is 0 Å². The highest BCUT2D eigenvalue weighted by Gasteiger charge is 2.55. The van der Waals surface area contributed by atoms with Crippen LogP contribution in [0.25, 0.3) is 0 Å². The molecule has 1 unspecified atom stereocenters. The first-order valence-corrected chi connectivity index (χ1v) is 6.61. The van der Waals surface area contributed by atoms with Gasteiger partial charge < -0.3 is 5.11 Å². The molecule has 0 aromatic heterocycles. The number of benzene rings is 2. The van der Waals surface area contributed by atoms with Crippen LogP contribution in [0.2, 0.25) is 0 Å². The minimum atomic E-state index is -0.677. The number of hydrogen-bond acceptors (Lipinski definition) is 2. The minimum absolute atomic E-state index is 0.104. The molecule has 2 aromatic carbocycles. The molecular formula is C17H14O2. The average Bonchev–Trinajstić information content (AvgIpc) is 2.93. The molecule has 0 saturated heterocycles. The molecule has 0 radical (unpaired) electrons. The van der Waals surface area contributed by atoms with Crippen LogP contribution >= 0.6 is 0 Å². The first kappa shape index (κ1) is 10.9. The van der Waals surface area contributed by atoms with E-state index < -0.39 is 11.5 Å². The van der Waals surface area contributed by atoms with Crippen molar-refractivity contribution < 1.29 is 9.90 Å². The van der Waals surface area contributed by atoms with Crippen molar-refractivity contribution in [1.29, 1.82) is 0 Å². The van der Waals surface area contributed by atoms with Gasteiger partial charge in [0.25, 0.3) is 0 Å². The number of carbonyl (C=O) groups excluding carboxylic acids is 1. The van der Waals surface area contributed by atoms with E-state index in [9.17, 15) is 9.90 Å². The predicted molar refractivity (Wildman–Crippen MR) is 72.0 cm³/mol. The maximum Gasteiger partial charge on any atom is 0.172 e. The van der Waals surface area contributed by atoms with E-state index in [0.717, 1.165) is 5.56 Å². The van der Waals surface area contributed by atoms with Crippen molar-refractivity contribution in [3.63, 3.8) is 0 Å². The minimum Gasteiger partial charge on any atom is -0.387 e. The Morgan fingerprint density at radius 1 is 0.947 bits per heavy atom. The maximum absolute atomic E-state index is 12.7. The topological polar surface area (TPSA) is 37.3 Å². The van der Waals surface area contributed by atoms with E-state index in [-0.39, 0.29) is 5.78 Å². The Bertz CT molecular complexity index is 662. The summed E-state index contributed by atoms with van der Waals surface area (Å²) >= 11 is 0. The van der Waals surface area contributed by atoms with E-state index in [2.05, 4.69) is 12.1 Å². The summed E-state index contributed by atoms with van der Waals surface area (Å²) in [4.78, 5) is 12.7. The van der Waals surface area contributed by atoms with Crippen molar-refractivity contribution >= 4 is 5.78 Å². The van der Waals surface area contributed by atoms with Gasteiger partial charge in [-0.15, -0.1) is 0 Å². The molecule has 94 valence electrons. The van der Waals surface area contributed by atoms with Crippen LogP contribution in [0, 0.1) is 5.41 Å². The third-order valence-electron chi connectivity index (χ3n) is 4.61. The van der Waals surface area contributed by atoms with Gasteiger partial charge in [-0.1, -0.05) is 48.5 Å². The van der Waals surface area contributed by atoms with Crippen LogP contribution in [0.5, 0.6) is 0 Å². The number of fused-ring (bicyclic) bond motifs is 2. The second-order valence-corrected chi connectivity index (χ2v) is 5.60. The Balaban J connectivity index is 1.86. The van der Waals surface area contributed by atoms with Gasteiger partial charge in [0.1, 0.15) is 0 Å². The van der Waals surface area contributed by atoms with E-state index in [1.807, 2.05) is 36.4 Å². The van der Waals surface area contributed by atoms with Gasteiger partial charge in [0.15, 0.2) is 5.78 Å². The van der Waals surface area contributed by atoms with Crippen LogP contribution in [0.1, 0.15) is 33.2 Å². The molecule has 0 amide bonds. The largest absolute Gasteiger partial charge is 0.387 e. The van der Waals surface area contributed by atoms with Crippen LogP contribution in [0.3, 0.4) is 0 Å². The highest BCUT2D eigenvalue weighted by atomic mass is 16.3. The number of hydrogen-bond donors (Lipinski definition) is 1. The monoisotopic (exact) mass is 250 g/mol. The third kappa shape index (κ3) is 1.27. The van der Waals surface area contributed by atoms with Gasteiger partial charge in [-0.05, 0) is 29.5 Å². The molecule has 2 aliphatic carbocycles. The fourth-order valence-corrected chi connectivity index (χ4v) is 3.63. The number of carbonyl (C=O) groups is 1. The Hall–Kier alpha value is -1.93. The quantitative estimate of drug-likeness (QED) is 0.780. The van der Waals surface area contributed by atoms with E-state index >= 15 is 0 Å². The van der Waals surface area contributed by atoms with Gasteiger partial charge >= 0.3 is 0 Å². The molecule has 1 atom stereocenters. The highest BCUT2D eigenvalue weighted by molar-refractivity contribution is 6.06. The number of aliphatic hydroxyl groups excluding tert-OH is 1. The zero-order valence-electron chi connectivity index (χ0n) is 10.5. The number of aliphatic hydroxyl groups is 1. The smallest absolute Gasteiger partial charge is 0.172 e. The van der Waals surface area contributed by atoms with Crippen molar-refractivity contribution in [1.82, 2.24) is 0 Å². The fraction of sp³-hybridized carbons (Fsp3) is 0.235. The Morgan fingerprint density at radius 2 is 1.53 bits per heavy atom. The molecule has 1 spiro atoms. The number of rotatable bonds is 0. The summed E-state index contributed by atoms with van der Waals surface area (Å²) in [6.45, 7) is 0. The first-order chi connectivity index (χ1) is 9.22. The highest BCUT2D eigenvalue weighted by Crippen LogP contribution is 2.53. The van der Waals surface area contributed by atoms with Crippen molar-refractivity contribution in [3.8, 4) is 0 Å². The standard InChI is InChI=1S/C17H14O2/c18-15-13-7-3-4-8-14(13)16(19)17(15)9-11-5-1-2-6-12(11)10-17/h1-8,15,18H,9-10H2. The molecule has 2 aromatic rings. The molecular weight excluding hydrogens is 236 g/mol. The average molecular weight is 250 g/mol. The number of ketones is 1. The molecule has 0 bridgehead atoms. The summed E-state index contributed by atoms with van der Waals surface area (Å²) in [5, 5.41) is 10.7. The summed E-state index contributed by atoms with van der Waals surface area (Å²) in [6.07, 6.45) is 0.624. The number of Topliss-reactive ketones (excluding diaryl/α,β-unsaturated/α-hetero) is 1. The summed E-state index contributed by atoms with van der Waals surface area (Å²) in [5.41, 5.74) is 3.22. The molecule has 0 heterocycles. The van der Waals surface area contributed by atoms with Crippen molar-refractivity contribution in [2.45, 2.75) is 18.9 Å². The third-order valence-corrected chi connectivity index (χ3v) is 4.61. The van der Waals surface area contributed by atoms with Crippen LogP contribution in [0.4, 0.5) is 0 Å². The van der Waals surface area contributed by atoms with Gasteiger partial charge in [0.2, 0.25) is 0 Å². The van der Waals surface area contributed by atoms with E-state index in [1.165, 1.54) is 11.1 Å². The van der Waals surface area contributed by atoms with Crippen LogP contribution in [-0.2, 0) is 12.8 Å². The molecule has 0 fully saturated rings. The van der Waals surface area contributed by atoms with Gasteiger partial charge in [0, 0.05) is 5.56 Å². The lowest BCUT2D eigenvalue weighted by molar-refractivity contribution is 0.0378. The molecule has 1 N–H and O–H groups in total. The molecule has 0 saturated carbocycles.